The van der Waals surface area contributed by atoms with Gasteiger partial charge in [-0.3, -0.25) is 0 Å². The molecule has 0 atom stereocenters. The van der Waals surface area contributed by atoms with Gasteiger partial charge in [0.05, 0.1) is 14.2 Å². The van der Waals surface area contributed by atoms with Crippen LogP contribution in [0.15, 0.2) is 36.4 Å². The molecule has 2 aromatic rings. The molecule has 0 aliphatic carbocycles. The van der Waals surface area contributed by atoms with Gasteiger partial charge in [0.2, 0.25) is 0 Å². The summed E-state index contributed by atoms with van der Waals surface area (Å²) in [5.74, 6) is 1.62. The van der Waals surface area contributed by atoms with E-state index in [0.29, 0.717) is 10.0 Å². The van der Waals surface area contributed by atoms with E-state index in [1.54, 1.807) is 14.2 Å². The number of hydrogen-bond donors (Lipinski definition) is 0. The Labute approximate surface area is 148 Å². The van der Waals surface area contributed by atoms with Crippen molar-refractivity contribution in [2.24, 2.45) is 0 Å². The normalized spacial score (nSPS) is 10.8. The average molecular weight is 437 g/mol. The molecule has 0 aliphatic rings. The Kier molecular flexibility index (Phi) is 6.02. The van der Waals surface area contributed by atoms with Crippen molar-refractivity contribution in [2.45, 2.75) is 5.92 Å². The number of ether oxygens (including phenoxy) is 2. The Balaban J connectivity index is 2.44. The van der Waals surface area contributed by atoms with E-state index in [4.69, 9.17) is 32.7 Å². The topological polar surface area (TPSA) is 18.5 Å². The number of rotatable bonds is 5. The average Bonchev–Trinajstić information content (AvgIpc) is 2.50. The molecule has 0 aliphatic heterocycles. The molecule has 5 heteroatoms. The summed E-state index contributed by atoms with van der Waals surface area (Å²) >= 11 is 15.1. The van der Waals surface area contributed by atoms with E-state index >= 15 is 0 Å². The third-order valence-electron chi connectivity index (χ3n) is 3.32. The molecule has 2 rings (SSSR count). The summed E-state index contributed by atoms with van der Waals surface area (Å²) in [5.41, 5.74) is 2.08. The van der Waals surface area contributed by atoms with Gasteiger partial charge in [0.15, 0.2) is 0 Å². The molecule has 0 heterocycles. The van der Waals surface area contributed by atoms with Crippen molar-refractivity contribution in [3.8, 4) is 11.5 Å². The number of halogens is 3. The summed E-state index contributed by atoms with van der Waals surface area (Å²) in [6.45, 7) is 0. The first kappa shape index (κ1) is 16.7. The van der Waals surface area contributed by atoms with Gasteiger partial charge < -0.3 is 9.47 Å². The van der Waals surface area contributed by atoms with E-state index in [-0.39, 0.29) is 5.92 Å². The van der Waals surface area contributed by atoms with Crippen LogP contribution in [-0.2, 0) is 0 Å². The molecule has 0 spiro atoms. The highest BCUT2D eigenvalue weighted by Crippen LogP contribution is 2.38. The maximum Gasteiger partial charge on any atom is 0.120 e. The fraction of sp³-hybridized carbons (Fsp3) is 0.250. The maximum absolute atomic E-state index is 6.39. The van der Waals surface area contributed by atoms with Gasteiger partial charge in [-0.15, -0.1) is 0 Å². The van der Waals surface area contributed by atoms with Gasteiger partial charge in [-0.1, -0.05) is 57.9 Å². The molecule has 21 heavy (non-hydrogen) atoms. The van der Waals surface area contributed by atoms with Crippen molar-refractivity contribution in [2.75, 3.05) is 18.6 Å². The molecule has 0 bridgehead atoms. The Morgan fingerprint density at radius 1 is 0.905 bits per heavy atom. The van der Waals surface area contributed by atoms with E-state index < -0.39 is 0 Å². The summed E-state index contributed by atoms with van der Waals surface area (Å²) in [4.78, 5) is 0. The van der Waals surface area contributed by atoms with Crippen molar-refractivity contribution in [1.29, 1.82) is 0 Å². The van der Waals surface area contributed by atoms with E-state index in [0.717, 1.165) is 27.1 Å². The molecular weight excluding hydrogens is 422 g/mol. The summed E-state index contributed by atoms with van der Waals surface area (Å²) in [5, 5.41) is 1.37. The van der Waals surface area contributed by atoms with Gasteiger partial charge in [0.25, 0.3) is 0 Å². The van der Waals surface area contributed by atoms with Crippen LogP contribution in [0.25, 0.3) is 0 Å². The number of hydrogen-bond acceptors (Lipinski definition) is 2. The molecule has 2 nitrogen and oxygen atoms in total. The van der Waals surface area contributed by atoms with Gasteiger partial charge >= 0.3 is 0 Å². The van der Waals surface area contributed by atoms with Crippen molar-refractivity contribution < 1.29 is 9.47 Å². The van der Waals surface area contributed by atoms with Gasteiger partial charge in [-0.2, -0.15) is 0 Å². The highest BCUT2D eigenvalue weighted by atomic mass is 127. The van der Waals surface area contributed by atoms with Crippen LogP contribution in [0.1, 0.15) is 17.0 Å². The number of methoxy groups -OCH3 is 2. The molecule has 0 saturated heterocycles. The largest absolute Gasteiger partial charge is 0.497 e. The van der Waals surface area contributed by atoms with Crippen LogP contribution in [-0.4, -0.2) is 18.6 Å². The van der Waals surface area contributed by atoms with Crippen molar-refractivity contribution in [3.05, 3.63) is 57.6 Å². The zero-order valence-corrected chi connectivity index (χ0v) is 15.4. The summed E-state index contributed by atoms with van der Waals surface area (Å²) in [7, 11) is 3.25. The van der Waals surface area contributed by atoms with Crippen molar-refractivity contribution >= 4 is 45.8 Å². The Bertz CT molecular complexity index is 578. The Morgan fingerprint density at radius 3 is 1.62 bits per heavy atom. The molecule has 0 aromatic heterocycles. The third kappa shape index (κ3) is 3.76. The predicted molar refractivity (Wildman–Crippen MR) is 96.7 cm³/mol. The number of benzene rings is 2. The van der Waals surface area contributed by atoms with Crippen LogP contribution in [0.3, 0.4) is 0 Å². The lowest BCUT2D eigenvalue weighted by Crippen LogP contribution is -2.04. The minimum absolute atomic E-state index is 0.127. The highest BCUT2D eigenvalue weighted by Gasteiger charge is 2.19. The first-order valence-corrected chi connectivity index (χ1v) is 8.61. The smallest absolute Gasteiger partial charge is 0.120 e. The van der Waals surface area contributed by atoms with E-state index in [1.165, 1.54) is 0 Å². The van der Waals surface area contributed by atoms with E-state index in [9.17, 15) is 0 Å². The van der Waals surface area contributed by atoms with E-state index in [1.807, 2.05) is 36.4 Å². The fourth-order valence-corrected chi connectivity index (χ4v) is 3.72. The molecule has 0 radical (unpaired) electrons. The zero-order chi connectivity index (χ0) is 15.4. The monoisotopic (exact) mass is 436 g/mol. The molecule has 0 amide bonds. The minimum atomic E-state index is 0.127. The first-order chi connectivity index (χ1) is 10.1. The maximum atomic E-state index is 6.39. The van der Waals surface area contributed by atoms with Gasteiger partial charge in [0.1, 0.15) is 11.5 Å². The molecule has 0 unspecified atom stereocenters. The second kappa shape index (κ2) is 7.56. The van der Waals surface area contributed by atoms with Gasteiger partial charge in [-0.25, -0.2) is 0 Å². The zero-order valence-electron chi connectivity index (χ0n) is 11.7. The Morgan fingerprint density at radius 2 is 1.33 bits per heavy atom. The first-order valence-electron chi connectivity index (χ1n) is 6.33. The summed E-state index contributed by atoms with van der Waals surface area (Å²) in [6, 6.07) is 11.5. The van der Waals surface area contributed by atoms with Crippen LogP contribution in [0.2, 0.25) is 10.0 Å². The van der Waals surface area contributed by atoms with Crippen LogP contribution in [0, 0.1) is 0 Å². The molecule has 2 aromatic carbocycles. The standard InChI is InChI=1S/C16H15Cl2IO2/c1-20-10-3-5-12(15(17)7-10)14(9-19)13-6-4-11(21-2)8-16(13)18/h3-8,14H,9H2,1-2H3. The lowest BCUT2D eigenvalue weighted by molar-refractivity contribution is 0.414. The second-order valence-electron chi connectivity index (χ2n) is 4.48. The highest BCUT2D eigenvalue weighted by molar-refractivity contribution is 14.1. The van der Waals surface area contributed by atoms with Gasteiger partial charge in [-0.05, 0) is 35.4 Å². The predicted octanol–water partition coefficient (Wildman–Crippen LogP) is 5.58. The van der Waals surface area contributed by atoms with Crippen molar-refractivity contribution in [3.63, 3.8) is 0 Å². The molecule has 112 valence electrons. The quantitative estimate of drug-likeness (QED) is 0.450. The van der Waals surface area contributed by atoms with Crippen LogP contribution >= 0.6 is 45.8 Å². The molecular formula is C16H15Cl2IO2. The van der Waals surface area contributed by atoms with Crippen LogP contribution in [0.4, 0.5) is 0 Å². The van der Waals surface area contributed by atoms with Crippen LogP contribution in [0.5, 0.6) is 11.5 Å². The minimum Gasteiger partial charge on any atom is -0.497 e. The Hall–Kier alpha value is -0.650. The SMILES string of the molecule is COc1ccc(C(CI)c2ccc(OC)cc2Cl)c(Cl)c1. The van der Waals surface area contributed by atoms with Crippen LogP contribution < -0.4 is 9.47 Å². The summed E-state index contributed by atoms with van der Waals surface area (Å²) < 4.78 is 11.3. The molecule has 0 saturated carbocycles. The summed E-state index contributed by atoms with van der Waals surface area (Å²) in [6.07, 6.45) is 0. The van der Waals surface area contributed by atoms with E-state index in [2.05, 4.69) is 22.6 Å². The lowest BCUT2D eigenvalue weighted by atomic mass is 9.93. The number of alkyl halides is 1. The third-order valence-corrected chi connectivity index (χ3v) is 4.86. The van der Waals surface area contributed by atoms with Gasteiger partial charge in [0, 0.05) is 20.4 Å². The van der Waals surface area contributed by atoms with Crippen molar-refractivity contribution in [1.82, 2.24) is 0 Å². The molecule has 0 fully saturated rings. The lowest BCUT2D eigenvalue weighted by Gasteiger charge is -2.19. The fourth-order valence-electron chi connectivity index (χ4n) is 2.17. The molecule has 0 N–H and O–H groups in total. The second-order valence-corrected chi connectivity index (χ2v) is 6.18.